The zero-order valence-corrected chi connectivity index (χ0v) is 10.5. The minimum atomic E-state index is 0.151. The molecule has 1 heterocycles. The lowest BCUT2D eigenvalue weighted by Crippen LogP contribution is -1.98. The molecule has 90 valence electrons. The molecule has 0 aliphatic rings. The molecule has 0 aliphatic carbocycles. The summed E-state index contributed by atoms with van der Waals surface area (Å²) >= 11 is 0. The lowest BCUT2D eigenvalue weighted by molar-refractivity contribution is 0.0764. The summed E-state index contributed by atoms with van der Waals surface area (Å²) in [4.78, 5) is 7.42. The van der Waals surface area contributed by atoms with Gasteiger partial charge in [-0.05, 0) is 31.9 Å². The number of hydrogen-bond acceptors (Lipinski definition) is 2. The third-order valence-electron chi connectivity index (χ3n) is 2.81. The second kappa shape index (κ2) is 5.15. The van der Waals surface area contributed by atoms with Crippen molar-refractivity contribution in [3.8, 4) is 11.3 Å². The quantitative estimate of drug-likeness (QED) is 0.873. The van der Waals surface area contributed by atoms with Crippen LogP contribution in [-0.2, 0) is 4.74 Å². The molecule has 1 unspecified atom stereocenters. The maximum atomic E-state index is 5.56. The average Bonchev–Trinajstić information content (AvgIpc) is 2.76. The fraction of sp³-hybridized carbons (Fsp3) is 0.357. The van der Waals surface area contributed by atoms with E-state index in [0.717, 1.165) is 23.7 Å². The van der Waals surface area contributed by atoms with E-state index < -0.39 is 0 Å². The molecule has 0 amide bonds. The number of aromatic amines is 1. The van der Waals surface area contributed by atoms with Crippen molar-refractivity contribution in [2.45, 2.75) is 26.9 Å². The zero-order chi connectivity index (χ0) is 12.3. The number of aryl methyl sites for hydroxylation is 1. The Balaban J connectivity index is 2.18. The van der Waals surface area contributed by atoms with Crippen molar-refractivity contribution in [2.24, 2.45) is 0 Å². The third-order valence-corrected chi connectivity index (χ3v) is 2.81. The van der Waals surface area contributed by atoms with Gasteiger partial charge in [0.15, 0.2) is 0 Å². The van der Waals surface area contributed by atoms with Gasteiger partial charge in [0.2, 0.25) is 0 Å². The number of benzene rings is 1. The predicted molar refractivity (Wildman–Crippen MR) is 68.8 cm³/mol. The second-order valence-corrected chi connectivity index (χ2v) is 4.10. The summed E-state index contributed by atoms with van der Waals surface area (Å²) in [5, 5.41) is 0. The molecule has 17 heavy (non-hydrogen) atoms. The summed E-state index contributed by atoms with van der Waals surface area (Å²) in [5.41, 5.74) is 3.41. The van der Waals surface area contributed by atoms with Crippen LogP contribution in [0, 0.1) is 6.92 Å². The van der Waals surface area contributed by atoms with E-state index >= 15 is 0 Å². The number of rotatable bonds is 4. The molecule has 0 saturated heterocycles. The van der Waals surface area contributed by atoms with E-state index in [0.29, 0.717) is 0 Å². The first-order chi connectivity index (χ1) is 8.20. The van der Waals surface area contributed by atoms with Crippen LogP contribution in [0.15, 0.2) is 30.5 Å². The van der Waals surface area contributed by atoms with Crippen molar-refractivity contribution in [3.63, 3.8) is 0 Å². The van der Waals surface area contributed by atoms with Crippen LogP contribution in [0.25, 0.3) is 11.3 Å². The molecule has 1 atom stereocenters. The Morgan fingerprint density at radius 1 is 1.29 bits per heavy atom. The van der Waals surface area contributed by atoms with Crippen LogP contribution in [0.1, 0.15) is 31.3 Å². The normalized spacial score (nSPS) is 12.6. The minimum Gasteiger partial charge on any atom is -0.374 e. The highest BCUT2D eigenvalue weighted by molar-refractivity contribution is 5.58. The number of nitrogens with one attached hydrogen (secondary N) is 1. The van der Waals surface area contributed by atoms with Gasteiger partial charge in [0, 0.05) is 6.61 Å². The van der Waals surface area contributed by atoms with Crippen molar-refractivity contribution >= 4 is 0 Å². The van der Waals surface area contributed by atoms with Crippen molar-refractivity contribution in [1.82, 2.24) is 9.97 Å². The Morgan fingerprint density at radius 2 is 2.00 bits per heavy atom. The van der Waals surface area contributed by atoms with Crippen LogP contribution in [0.2, 0.25) is 0 Å². The first-order valence-electron chi connectivity index (χ1n) is 5.94. The van der Waals surface area contributed by atoms with E-state index in [9.17, 15) is 0 Å². The first-order valence-corrected chi connectivity index (χ1v) is 5.94. The predicted octanol–water partition coefficient (Wildman–Crippen LogP) is 3.48. The van der Waals surface area contributed by atoms with E-state index in [-0.39, 0.29) is 6.10 Å². The van der Waals surface area contributed by atoms with Crippen LogP contribution in [0.3, 0.4) is 0 Å². The number of imidazole rings is 1. The highest BCUT2D eigenvalue weighted by Crippen LogP contribution is 2.22. The molecular weight excluding hydrogens is 212 g/mol. The Bertz CT molecular complexity index is 473. The SMILES string of the molecule is CCOC(C)c1ccc(-c2cnc(C)[nH]2)cc1. The average molecular weight is 230 g/mol. The van der Waals surface area contributed by atoms with Crippen LogP contribution in [0.5, 0.6) is 0 Å². The third kappa shape index (κ3) is 2.74. The van der Waals surface area contributed by atoms with Crippen molar-refractivity contribution in [3.05, 3.63) is 41.9 Å². The fourth-order valence-electron chi connectivity index (χ4n) is 1.85. The largest absolute Gasteiger partial charge is 0.374 e. The maximum Gasteiger partial charge on any atom is 0.103 e. The van der Waals surface area contributed by atoms with Crippen LogP contribution in [-0.4, -0.2) is 16.6 Å². The minimum absolute atomic E-state index is 0.151. The summed E-state index contributed by atoms with van der Waals surface area (Å²) in [6.45, 7) is 6.77. The Labute approximate surface area is 102 Å². The lowest BCUT2D eigenvalue weighted by atomic mass is 10.1. The molecule has 2 aromatic rings. The molecule has 1 aromatic carbocycles. The van der Waals surface area contributed by atoms with E-state index in [1.54, 1.807) is 0 Å². The number of nitrogens with zero attached hydrogens (tertiary/aromatic N) is 1. The van der Waals surface area contributed by atoms with E-state index in [1.807, 2.05) is 20.0 Å². The molecule has 2 rings (SSSR count). The van der Waals surface area contributed by atoms with E-state index in [1.165, 1.54) is 5.56 Å². The van der Waals surface area contributed by atoms with Gasteiger partial charge in [-0.3, -0.25) is 0 Å². The molecule has 0 spiro atoms. The number of hydrogen-bond donors (Lipinski definition) is 1. The second-order valence-electron chi connectivity index (χ2n) is 4.10. The van der Waals surface area contributed by atoms with Crippen molar-refractivity contribution < 1.29 is 4.74 Å². The smallest absolute Gasteiger partial charge is 0.103 e. The molecule has 0 aliphatic heterocycles. The van der Waals surface area contributed by atoms with Gasteiger partial charge in [0.25, 0.3) is 0 Å². The van der Waals surface area contributed by atoms with Gasteiger partial charge in [-0.1, -0.05) is 24.3 Å². The monoisotopic (exact) mass is 230 g/mol. The number of H-pyrrole nitrogens is 1. The topological polar surface area (TPSA) is 37.9 Å². The van der Waals surface area contributed by atoms with Crippen LogP contribution < -0.4 is 0 Å². The lowest BCUT2D eigenvalue weighted by Gasteiger charge is -2.12. The zero-order valence-electron chi connectivity index (χ0n) is 10.5. The number of ether oxygens (including phenoxy) is 1. The molecule has 0 fully saturated rings. The maximum absolute atomic E-state index is 5.56. The summed E-state index contributed by atoms with van der Waals surface area (Å²) in [6.07, 6.45) is 2.01. The van der Waals surface area contributed by atoms with Crippen molar-refractivity contribution in [1.29, 1.82) is 0 Å². The molecule has 0 saturated carbocycles. The molecule has 3 nitrogen and oxygen atoms in total. The molecular formula is C14H18N2O. The highest BCUT2D eigenvalue weighted by atomic mass is 16.5. The fourth-order valence-corrected chi connectivity index (χ4v) is 1.85. The van der Waals surface area contributed by atoms with Gasteiger partial charge in [-0.2, -0.15) is 0 Å². The van der Waals surface area contributed by atoms with Gasteiger partial charge < -0.3 is 9.72 Å². The summed E-state index contributed by atoms with van der Waals surface area (Å²) in [7, 11) is 0. The Morgan fingerprint density at radius 3 is 2.53 bits per heavy atom. The molecule has 0 radical (unpaired) electrons. The Hall–Kier alpha value is -1.61. The van der Waals surface area contributed by atoms with E-state index in [2.05, 4.69) is 41.2 Å². The molecule has 0 bridgehead atoms. The summed E-state index contributed by atoms with van der Waals surface area (Å²) in [6, 6.07) is 8.40. The summed E-state index contributed by atoms with van der Waals surface area (Å²) < 4.78 is 5.56. The van der Waals surface area contributed by atoms with Crippen LogP contribution >= 0.6 is 0 Å². The molecule has 3 heteroatoms. The van der Waals surface area contributed by atoms with Gasteiger partial charge in [-0.25, -0.2) is 4.98 Å². The number of aromatic nitrogens is 2. The van der Waals surface area contributed by atoms with Gasteiger partial charge in [0.05, 0.1) is 18.0 Å². The van der Waals surface area contributed by atoms with Crippen molar-refractivity contribution in [2.75, 3.05) is 6.61 Å². The molecule has 1 aromatic heterocycles. The van der Waals surface area contributed by atoms with Gasteiger partial charge >= 0.3 is 0 Å². The van der Waals surface area contributed by atoms with Crippen LogP contribution in [0.4, 0.5) is 0 Å². The summed E-state index contributed by atoms with van der Waals surface area (Å²) in [5.74, 6) is 0.937. The van der Waals surface area contributed by atoms with Gasteiger partial charge in [-0.15, -0.1) is 0 Å². The molecule has 1 N–H and O–H groups in total. The van der Waals surface area contributed by atoms with E-state index in [4.69, 9.17) is 4.74 Å². The standard InChI is InChI=1S/C14H18N2O/c1-4-17-10(2)12-5-7-13(8-6-12)14-9-15-11(3)16-14/h5-10H,4H2,1-3H3,(H,15,16). The Kier molecular flexibility index (Phi) is 3.59. The van der Waals surface area contributed by atoms with Gasteiger partial charge in [0.1, 0.15) is 5.82 Å². The highest BCUT2D eigenvalue weighted by Gasteiger charge is 2.05. The first kappa shape index (κ1) is 11.9.